The van der Waals surface area contributed by atoms with Crippen molar-refractivity contribution in [3.8, 4) is 11.4 Å². The number of benzene rings is 2. The molecule has 1 heterocycles. The van der Waals surface area contributed by atoms with E-state index in [1.807, 2.05) is 30.3 Å². The summed E-state index contributed by atoms with van der Waals surface area (Å²) in [5.41, 5.74) is 1.49. The van der Waals surface area contributed by atoms with Crippen LogP contribution in [0.4, 0.5) is 10.2 Å². The Hall–Kier alpha value is -3.28. The smallest absolute Gasteiger partial charge is 0.270 e. The number of carbonyl (C=O) groups excluding carboxylic acids is 1. The molecular formula is C22H23FN4O. The van der Waals surface area contributed by atoms with Crippen LogP contribution in [0, 0.1) is 5.82 Å². The molecule has 0 saturated carbocycles. The number of nitrogens with zero attached hydrogens (tertiary/aromatic N) is 2. The molecule has 0 unspecified atom stereocenters. The fourth-order valence-corrected chi connectivity index (χ4v) is 2.67. The molecule has 0 aliphatic rings. The Morgan fingerprint density at radius 2 is 1.79 bits per heavy atom. The number of nitrogens with one attached hydrogen (secondary N) is 2. The van der Waals surface area contributed by atoms with E-state index in [0.717, 1.165) is 24.9 Å². The maximum absolute atomic E-state index is 13.8. The number of anilines is 1. The highest BCUT2D eigenvalue weighted by Crippen LogP contribution is 2.18. The van der Waals surface area contributed by atoms with Crippen LogP contribution in [0.2, 0.25) is 0 Å². The van der Waals surface area contributed by atoms with Gasteiger partial charge in [0.15, 0.2) is 5.82 Å². The first kappa shape index (κ1) is 19.5. The summed E-state index contributed by atoms with van der Waals surface area (Å²) in [6, 6.07) is 17.5. The molecule has 0 bridgehead atoms. The Morgan fingerprint density at radius 3 is 2.54 bits per heavy atom. The maximum Gasteiger partial charge on any atom is 0.270 e. The SMILES string of the molecule is CCCCNc1cc(C(=O)NCc2ccccc2F)nc(-c2ccccc2)n1. The third kappa shape index (κ3) is 5.13. The van der Waals surface area contributed by atoms with Gasteiger partial charge < -0.3 is 10.6 Å². The van der Waals surface area contributed by atoms with Gasteiger partial charge in [0.25, 0.3) is 5.91 Å². The Bertz CT molecular complexity index is 931. The molecule has 1 aromatic heterocycles. The van der Waals surface area contributed by atoms with Crippen molar-refractivity contribution < 1.29 is 9.18 Å². The normalized spacial score (nSPS) is 10.5. The lowest BCUT2D eigenvalue weighted by Gasteiger charge is -2.11. The Kier molecular flexibility index (Phi) is 6.68. The summed E-state index contributed by atoms with van der Waals surface area (Å²) in [6.07, 6.45) is 2.05. The van der Waals surface area contributed by atoms with Crippen LogP contribution < -0.4 is 10.6 Å². The van der Waals surface area contributed by atoms with Gasteiger partial charge in [-0.15, -0.1) is 0 Å². The van der Waals surface area contributed by atoms with Gasteiger partial charge in [-0.05, 0) is 12.5 Å². The number of aromatic nitrogens is 2. The lowest BCUT2D eigenvalue weighted by Crippen LogP contribution is -2.25. The van der Waals surface area contributed by atoms with E-state index in [9.17, 15) is 9.18 Å². The number of halogens is 1. The third-order valence-electron chi connectivity index (χ3n) is 4.22. The molecule has 144 valence electrons. The van der Waals surface area contributed by atoms with Gasteiger partial charge in [-0.25, -0.2) is 14.4 Å². The summed E-state index contributed by atoms with van der Waals surface area (Å²) in [5, 5.41) is 5.98. The monoisotopic (exact) mass is 378 g/mol. The molecule has 0 fully saturated rings. The second-order valence-electron chi connectivity index (χ2n) is 6.38. The van der Waals surface area contributed by atoms with Gasteiger partial charge in [0.05, 0.1) is 0 Å². The highest BCUT2D eigenvalue weighted by atomic mass is 19.1. The molecule has 2 N–H and O–H groups in total. The average Bonchev–Trinajstić information content (AvgIpc) is 2.73. The summed E-state index contributed by atoms with van der Waals surface area (Å²) >= 11 is 0. The minimum Gasteiger partial charge on any atom is -0.370 e. The first-order chi connectivity index (χ1) is 13.7. The number of hydrogen-bond acceptors (Lipinski definition) is 4. The predicted molar refractivity (Wildman–Crippen MR) is 108 cm³/mol. The summed E-state index contributed by atoms with van der Waals surface area (Å²) in [4.78, 5) is 21.6. The van der Waals surface area contributed by atoms with Crippen molar-refractivity contribution in [1.82, 2.24) is 15.3 Å². The molecule has 6 heteroatoms. The van der Waals surface area contributed by atoms with Crippen molar-refractivity contribution in [3.63, 3.8) is 0 Å². The molecule has 2 aromatic carbocycles. The number of unbranched alkanes of at least 4 members (excludes halogenated alkanes) is 1. The van der Waals surface area contributed by atoms with Gasteiger partial charge in [-0.2, -0.15) is 0 Å². The predicted octanol–water partition coefficient (Wildman–Crippen LogP) is 4.42. The fraction of sp³-hybridized carbons (Fsp3) is 0.227. The van der Waals surface area contributed by atoms with Crippen molar-refractivity contribution in [2.75, 3.05) is 11.9 Å². The molecule has 0 saturated heterocycles. The van der Waals surface area contributed by atoms with Gasteiger partial charge in [-0.3, -0.25) is 4.79 Å². The quantitative estimate of drug-likeness (QED) is 0.569. The summed E-state index contributed by atoms with van der Waals surface area (Å²) < 4.78 is 13.8. The van der Waals surface area contributed by atoms with Gasteiger partial charge in [-0.1, -0.05) is 61.9 Å². The van der Waals surface area contributed by atoms with Crippen molar-refractivity contribution in [2.24, 2.45) is 0 Å². The lowest BCUT2D eigenvalue weighted by molar-refractivity contribution is 0.0945. The zero-order valence-corrected chi connectivity index (χ0v) is 15.8. The van der Waals surface area contributed by atoms with E-state index < -0.39 is 0 Å². The molecule has 28 heavy (non-hydrogen) atoms. The molecule has 0 atom stereocenters. The van der Waals surface area contributed by atoms with Crippen LogP contribution >= 0.6 is 0 Å². The topological polar surface area (TPSA) is 66.9 Å². The van der Waals surface area contributed by atoms with Crippen LogP contribution in [0.1, 0.15) is 35.8 Å². The fourth-order valence-electron chi connectivity index (χ4n) is 2.67. The van der Waals surface area contributed by atoms with Crippen LogP contribution in [-0.4, -0.2) is 22.4 Å². The van der Waals surface area contributed by atoms with Crippen LogP contribution in [0.3, 0.4) is 0 Å². The maximum atomic E-state index is 13.8. The summed E-state index contributed by atoms with van der Waals surface area (Å²) in [5.74, 6) is 0.343. The molecule has 1 amide bonds. The zero-order valence-electron chi connectivity index (χ0n) is 15.8. The molecule has 0 aliphatic heterocycles. The summed E-state index contributed by atoms with van der Waals surface area (Å²) in [7, 11) is 0. The highest BCUT2D eigenvalue weighted by molar-refractivity contribution is 5.93. The van der Waals surface area contributed by atoms with E-state index in [-0.39, 0.29) is 24.0 Å². The average molecular weight is 378 g/mol. The molecule has 0 aliphatic carbocycles. The molecule has 3 aromatic rings. The Balaban J connectivity index is 1.82. The van der Waals surface area contributed by atoms with Crippen molar-refractivity contribution in [2.45, 2.75) is 26.3 Å². The first-order valence-electron chi connectivity index (χ1n) is 9.37. The van der Waals surface area contributed by atoms with E-state index >= 15 is 0 Å². The van der Waals surface area contributed by atoms with Crippen molar-refractivity contribution in [1.29, 1.82) is 0 Å². The number of hydrogen-bond donors (Lipinski definition) is 2. The second kappa shape index (κ2) is 9.60. The van der Waals surface area contributed by atoms with Gasteiger partial charge in [0.1, 0.15) is 17.3 Å². The second-order valence-corrected chi connectivity index (χ2v) is 6.38. The Labute approximate surface area is 164 Å². The van der Waals surface area contributed by atoms with Crippen LogP contribution in [-0.2, 0) is 6.54 Å². The summed E-state index contributed by atoms with van der Waals surface area (Å²) in [6.45, 7) is 2.96. The largest absolute Gasteiger partial charge is 0.370 e. The van der Waals surface area contributed by atoms with Gasteiger partial charge in [0.2, 0.25) is 0 Å². The minimum absolute atomic E-state index is 0.0920. The van der Waals surface area contributed by atoms with Crippen molar-refractivity contribution >= 4 is 11.7 Å². The van der Waals surface area contributed by atoms with Crippen LogP contribution in [0.25, 0.3) is 11.4 Å². The Morgan fingerprint density at radius 1 is 1.04 bits per heavy atom. The molecule has 3 rings (SSSR count). The van der Waals surface area contributed by atoms with E-state index in [4.69, 9.17) is 0 Å². The zero-order chi connectivity index (χ0) is 19.8. The lowest BCUT2D eigenvalue weighted by atomic mass is 10.2. The molecule has 5 nitrogen and oxygen atoms in total. The third-order valence-corrected chi connectivity index (χ3v) is 4.22. The van der Waals surface area contributed by atoms with E-state index in [1.165, 1.54) is 6.07 Å². The standard InChI is InChI=1S/C22H23FN4O/c1-2-3-13-24-20-14-19(26-21(27-20)16-9-5-4-6-10-16)22(28)25-15-17-11-7-8-12-18(17)23/h4-12,14H,2-3,13,15H2,1H3,(H,25,28)(H,24,26,27). The van der Waals surface area contributed by atoms with Crippen molar-refractivity contribution in [3.05, 3.63) is 77.7 Å². The number of amides is 1. The van der Waals surface area contributed by atoms with Crippen LogP contribution in [0.5, 0.6) is 0 Å². The first-order valence-corrected chi connectivity index (χ1v) is 9.37. The van der Waals surface area contributed by atoms with Gasteiger partial charge in [0, 0.05) is 30.3 Å². The number of rotatable bonds is 8. The molecular weight excluding hydrogens is 355 g/mol. The molecule has 0 radical (unpaired) electrons. The highest BCUT2D eigenvalue weighted by Gasteiger charge is 2.13. The van der Waals surface area contributed by atoms with Gasteiger partial charge >= 0.3 is 0 Å². The minimum atomic E-state index is -0.374. The van der Waals surface area contributed by atoms with Crippen LogP contribution in [0.15, 0.2) is 60.7 Å². The van der Waals surface area contributed by atoms with E-state index in [1.54, 1.807) is 24.3 Å². The molecule has 0 spiro atoms. The number of carbonyl (C=O) groups is 1. The van der Waals surface area contributed by atoms with E-state index in [2.05, 4.69) is 27.5 Å². The van der Waals surface area contributed by atoms with E-state index in [0.29, 0.717) is 17.2 Å².